The van der Waals surface area contributed by atoms with Crippen molar-refractivity contribution in [1.82, 2.24) is 4.90 Å². The molecule has 2 aliphatic heterocycles. The molecule has 2 aliphatic rings. The van der Waals surface area contributed by atoms with Crippen molar-refractivity contribution in [3.63, 3.8) is 0 Å². The summed E-state index contributed by atoms with van der Waals surface area (Å²) in [5, 5.41) is 12.9. The number of hydrogen-bond acceptors (Lipinski definition) is 6. The van der Waals surface area contributed by atoms with Gasteiger partial charge in [0.05, 0.1) is 4.92 Å². The largest absolute Gasteiger partial charge is 0.465 e. The molecule has 2 heterocycles. The highest BCUT2D eigenvalue weighted by Crippen LogP contribution is 2.46. The maximum absolute atomic E-state index is 13.7. The van der Waals surface area contributed by atoms with Crippen LogP contribution in [-0.4, -0.2) is 40.4 Å². The van der Waals surface area contributed by atoms with Gasteiger partial charge in [-0.2, -0.15) is 13.2 Å². The van der Waals surface area contributed by atoms with Crippen molar-refractivity contribution in [3.8, 4) is 0 Å². The zero-order chi connectivity index (χ0) is 16.8. The van der Waals surface area contributed by atoms with Crippen LogP contribution in [0.2, 0.25) is 0 Å². The summed E-state index contributed by atoms with van der Waals surface area (Å²) in [6.07, 6.45) is -4.19. The van der Waals surface area contributed by atoms with Crippen molar-refractivity contribution in [3.05, 3.63) is 34.4 Å². The molecule has 0 aliphatic carbocycles. The molecule has 2 saturated heterocycles. The predicted octanol–water partition coefficient (Wildman–Crippen LogP) is 2.24. The van der Waals surface area contributed by atoms with Crippen molar-refractivity contribution in [2.75, 3.05) is 11.9 Å². The minimum atomic E-state index is -4.91. The number of non-ortho nitro benzene ring substituents is 1. The highest BCUT2D eigenvalue weighted by molar-refractivity contribution is 5.79. The molecule has 0 saturated carbocycles. The van der Waals surface area contributed by atoms with E-state index >= 15 is 0 Å². The smallest absolute Gasteiger partial charge is 0.414 e. The first kappa shape index (κ1) is 15.5. The lowest BCUT2D eigenvalue weighted by atomic mass is 10.2. The van der Waals surface area contributed by atoms with Gasteiger partial charge in [-0.25, -0.2) is 4.90 Å². The van der Waals surface area contributed by atoms with Crippen molar-refractivity contribution in [2.45, 2.75) is 30.9 Å². The van der Waals surface area contributed by atoms with Crippen LogP contribution >= 0.6 is 0 Å². The molecule has 0 spiro atoms. The van der Waals surface area contributed by atoms with E-state index in [4.69, 9.17) is 0 Å². The molecule has 1 N–H and O–H groups in total. The number of ether oxygens (including phenoxy) is 1. The van der Waals surface area contributed by atoms with E-state index in [9.17, 15) is 28.1 Å². The molecule has 7 nitrogen and oxygen atoms in total. The van der Waals surface area contributed by atoms with Gasteiger partial charge >= 0.3 is 18.0 Å². The van der Waals surface area contributed by atoms with Crippen molar-refractivity contribution in [2.24, 2.45) is 0 Å². The third-order valence-electron chi connectivity index (χ3n) is 3.93. The third kappa shape index (κ3) is 2.38. The molecule has 2 fully saturated rings. The fourth-order valence-electron chi connectivity index (χ4n) is 2.94. The Morgan fingerprint density at radius 1 is 1.43 bits per heavy atom. The van der Waals surface area contributed by atoms with Gasteiger partial charge in [0.2, 0.25) is 0 Å². The molecule has 23 heavy (non-hydrogen) atoms. The number of benzene rings is 1. The second-order valence-corrected chi connectivity index (χ2v) is 5.35. The monoisotopic (exact) mass is 331 g/mol. The van der Waals surface area contributed by atoms with Crippen molar-refractivity contribution < 1.29 is 27.6 Å². The van der Waals surface area contributed by atoms with Gasteiger partial charge in [0.1, 0.15) is 6.04 Å². The van der Waals surface area contributed by atoms with Gasteiger partial charge in [0, 0.05) is 24.4 Å². The fourth-order valence-corrected chi connectivity index (χ4v) is 2.94. The molecule has 3 rings (SSSR count). The minimum absolute atomic E-state index is 0.0395. The number of carbonyl (C=O) groups excluding carboxylic acids is 1. The van der Waals surface area contributed by atoms with Crippen LogP contribution in [0.15, 0.2) is 24.3 Å². The number of nitro benzene ring substituents is 1. The molecule has 0 bridgehead atoms. The average molecular weight is 331 g/mol. The quantitative estimate of drug-likeness (QED) is 0.519. The Hall–Kier alpha value is -2.36. The molecule has 0 unspecified atom stereocenters. The summed E-state index contributed by atoms with van der Waals surface area (Å²) in [6, 6.07) is 3.67. The summed E-state index contributed by atoms with van der Waals surface area (Å²) < 4.78 is 45.6. The molecule has 0 amide bonds. The maximum Gasteiger partial charge on any atom is 0.465 e. The van der Waals surface area contributed by atoms with E-state index in [1.54, 1.807) is 0 Å². The number of rotatable bonds is 3. The van der Waals surface area contributed by atoms with Crippen LogP contribution in [0.5, 0.6) is 0 Å². The van der Waals surface area contributed by atoms with Crippen LogP contribution in [0.25, 0.3) is 0 Å². The van der Waals surface area contributed by atoms with Crippen molar-refractivity contribution in [1.29, 1.82) is 0 Å². The molecule has 1 aromatic carbocycles. The standard InChI is InChI=1S/C13H12F3N3O4/c14-12(15,16)13(18-6-2-5-10(18)11(20)23-13)17-8-3-1-4-9(7-8)19(21)22/h1,3-4,7,10,17H,2,5-6H2/t10-,13+/m1/s1. The third-order valence-corrected chi connectivity index (χ3v) is 3.93. The number of hydrogen-bond donors (Lipinski definition) is 1. The summed E-state index contributed by atoms with van der Waals surface area (Å²) in [5.74, 6) is -3.95. The number of anilines is 1. The van der Waals surface area contributed by atoms with Gasteiger partial charge in [-0.1, -0.05) is 6.07 Å². The first-order valence-electron chi connectivity index (χ1n) is 6.83. The van der Waals surface area contributed by atoms with E-state index in [-0.39, 0.29) is 24.3 Å². The van der Waals surface area contributed by atoms with E-state index in [1.807, 2.05) is 0 Å². The summed E-state index contributed by atoms with van der Waals surface area (Å²) in [4.78, 5) is 22.7. The zero-order valence-electron chi connectivity index (χ0n) is 11.7. The lowest BCUT2D eigenvalue weighted by Gasteiger charge is -2.37. The van der Waals surface area contributed by atoms with Gasteiger partial charge in [-0.15, -0.1) is 0 Å². The van der Waals surface area contributed by atoms with Crippen LogP contribution in [0.3, 0.4) is 0 Å². The van der Waals surface area contributed by atoms with E-state index in [1.165, 1.54) is 12.1 Å². The Balaban J connectivity index is 2.00. The lowest BCUT2D eigenvalue weighted by molar-refractivity contribution is -0.384. The Kier molecular flexibility index (Phi) is 3.43. The summed E-state index contributed by atoms with van der Waals surface area (Å²) in [7, 11) is 0. The molecular formula is C13H12F3N3O4. The Bertz CT molecular complexity index is 666. The molecule has 2 atom stereocenters. The molecule has 0 radical (unpaired) electrons. The first-order chi connectivity index (χ1) is 10.7. The zero-order valence-corrected chi connectivity index (χ0v) is 11.7. The van der Waals surface area contributed by atoms with Gasteiger partial charge in [0.15, 0.2) is 0 Å². The van der Waals surface area contributed by atoms with Crippen LogP contribution < -0.4 is 5.32 Å². The van der Waals surface area contributed by atoms with Crippen molar-refractivity contribution >= 4 is 17.3 Å². The van der Waals surface area contributed by atoms with E-state index in [0.717, 1.165) is 17.0 Å². The molecule has 1 aromatic rings. The number of cyclic esters (lactones) is 1. The Morgan fingerprint density at radius 2 is 2.17 bits per heavy atom. The minimum Gasteiger partial charge on any atom is -0.414 e. The summed E-state index contributed by atoms with van der Waals surface area (Å²) >= 11 is 0. The number of esters is 1. The van der Waals surface area contributed by atoms with Gasteiger partial charge in [0.25, 0.3) is 5.69 Å². The van der Waals surface area contributed by atoms with Crippen LogP contribution in [0.1, 0.15) is 12.8 Å². The predicted molar refractivity (Wildman–Crippen MR) is 71.3 cm³/mol. The van der Waals surface area contributed by atoms with Gasteiger partial charge < -0.3 is 10.1 Å². The second kappa shape index (κ2) is 5.08. The molecule has 0 aromatic heterocycles. The second-order valence-electron chi connectivity index (χ2n) is 5.35. The molecule has 10 heteroatoms. The number of fused-ring (bicyclic) bond motifs is 1. The van der Waals surface area contributed by atoms with E-state index in [2.05, 4.69) is 10.1 Å². The normalized spacial score (nSPS) is 27.6. The fraction of sp³-hybridized carbons (Fsp3) is 0.462. The highest BCUT2D eigenvalue weighted by atomic mass is 19.4. The number of nitro groups is 1. The SMILES string of the molecule is O=C1O[C@](Nc2cccc([N+](=O)[O-])c2)(C(F)(F)F)N2CCC[C@H]12. The van der Waals surface area contributed by atoms with Crippen LogP contribution in [-0.2, 0) is 9.53 Å². The highest BCUT2D eigenvalue weighted by Gasteiger charge is 2.70. The molecular weight excluding hydrogens is 319 g/mol. The van der Waals surface area contributed by atoms with Gasteiger partial charge in [-0.05, 0) is 18.9 Å². The van der Waals surface area contributed by atoms with Gasteiger partial charge in [-0.3, -0.25) is 14.9 Å². The number of halogens is 3. The Morgan fingerprint density at radius 3 is 2.83 bits per heavy atom. The first-order valence-corrected chi connectivity index (χ1v) is 6.83. The average Bonchev–Trinajstić information content (AvgIpc) is 3.03. The number of nitrogens with zero attached hydrogens (tertiary/aromatic N) is 2. The summed E-state index contributed by atoms with van der Waals surface area (Å²) in [5.41, 5.74) is -0.522. The van der Waals surface area contributed by atoms with E-state index < -0.39 is 29.0 Å². The topological polar surface area (TPSA) is 84.7 Å². The number of nitrogens with one attached hydrogen (secondary N) is 1. The number of carbonyl (C=O) groups is 1. The maximum atomic E-state index is 13.7. The van der Waals surface area contributed by atoms with E-state index in [0.29, 0.717) is 6.42 Å². The lowest BCUT2D eigenvalue weighted by Crippen LogP contribution is -2.62. The Labute approximate surface area is 128 Å². The number of alkyl halides is 3. The van der Waals surface area contributed by atoms with Crippen LogP contribution in [0, 0.1) is 10.1 Å². The van der Waals surface area contributed by atoms with Crippen LogP contribution in [0.4, 0.5) is 24.5 Å². The summed E-state index contributed by atoms with van der Waals surface area (Å²) in [6.45, 7) is 0.0395. The molecule has 124 valence electrons.